The number of hydrogen-bond donors (Lipinski definition) is 0. The Bertz CT molecular complexity index is 1870. The van der Waals surface area contributed by atoms with Gasteiger partial charge in [0.15, 0.2) is 14.7 Å². The van der Waals surface area contributed by atoms with Crippen LogP contribution in [0.25, 0.3) is 21.9 Å². The first-order chi connectivity index (χ1) is 18.8. The second kappa shape index (κ2) is 11.2. The predicted molar refractivity (Wildman–Crippen MR) is 149 cm³/mol. The average Bonchev–Trinajstić information content (AvgIpc) is 2.95. The SMILES string of the molecule is O=S(=O)([O-])c1ccc(F)cc1.O=c1c2ccccc2oc2ccc([S+](c3ccccc3)c3ccccc3)cc12. The van der Waals surface area contributed by atoms with Gasteiger partial charge in [-0.1, -0.05) is 48.5 Å². The van der Waals surface area contributed by atoms with Gasteiger partial charge in [0.2, 0.25) is 5.43 Å². The predicted octanol–water partition coefficient (Wildman–Crippen LogP) is 6.77. The van der Waals surface area contributed by atoms with Crippen LogP contribution in [0.1, 0.15) is 0 Å². The van der Waals surface area contributed by atoms with E-state index in [4.69, 9.17) is 4.42 Å². The lowest BCUT2D eigenvalue weighted by Gasteiger charge is -2.09. The quantitative estimate of drug-likeness (QED) is 0.136. The second-order valence-corrected chi connectivity index (χ2v) is 11.8. The Labute approximate surface area is 227 Å². The molecule has 6 rings (SSSR count). The number of para-hydroxylation sites is 1. The lowest BCUT2D eigenvalue weighted by Crippen LogP contribution is -2.07. The number of halogens is 1. The highest BCUT2D eigenvalue weighted by Crippen LogP contribution is 2.32. The van der Waals surface area contributed by atoms with Gasteiger partial charge in [0.25, 0.3) is 0 Å². The minimum atomic E-state index is -4.44. The third-order valence-electron chi connectivity index (χ3n) is 5.84. The molecule has 0 atom stereocenters. The van der Waals surface area contributed by atoms with Gasteiger partial charge in [-0.05, 0) is 72.8 Å². The molecule has 8 heteroatoms. The molecule has 0 saturated carbocycles. The lowest BCUT2D eigenvalue weighted by molar-refractivity contribution is 0.463. The monoisotopic (exact) mass is 556 g/mol. The van der Waals surface area contributed by atoms with E-state index in [-0.39, 0.29) is 16.3 Å². The van der Waals surface area contributed by atoms with E-state index in [2.05, 4.69) is 54.6 Å². The fourth-order valence-corrected chi connectivity index (χ4v) is 6.62. The van der Waals surface area contributed by atoms with Crippen LogP contribution in [0.4, 0.5) is 4.39 Å². The third kappa shape index (κ3) is 5.93. The van der Waals surface area contributed by atoms with Gasteiger partial charge in [-0.25, -0.2) is 12.8 Å². The summed E-state index contributed by atoms with van der Waals surface area (Å²) in [7, 11) is -4.73. The van der Waals surface area contributed by atoms with Crippen molar-refractivity contribution < 1.29 is 21.8 Å². The summed E-state index contributed by atoms with van der Waals surface area (Å²) in [6.45, 7) is 0. The summed E-state index contributed by atoms with van der Waals surface area (Å²) < 4.78 is 49.0. The van der Waals surface area contributed by atoms with E-state index in [9.17, 15) is 22.2 Å². The summed E-state index contributed by atoms with van der Waals surface area (Å²) in [4.78, 5) is 16.2. The van der Waals surface area contributed by atoms with Crippen molar-refractivity contribution in [1.82, 2.24) is 0 Å². The van der Waals surface area contributed by atoms with Crippen LogP contribution in [0.15, 0.2) is 156 Å². The smallest absolute Gasteiger partial charge is 0.200 e. The van der Waals surface area contributed by atoms with Crippen LogP contribution in [0.2, 0.25) is 0 Å². The van der Waals surface area contributed by atoms with Crippen molar-refractivity contribution in [2.75, 3.05) is 0 Å². The number of fused-ring (bicyclic) bond motifs is 2. The van der Waals surface area contributed by atoms with Gasteiger partial charge < -0.3 is 8.97 Å². The molecule has 0 N–H and O–H groups in total. The Hall–Kier alpha value is -4.24. The van der Waals surface area contributed by atoms with Crippen molar-refractivity contribution >= 4 is 43.0 Å². The number of rotatable bonds is 4. The van der Waals surface area contributed by atoms with Gasteiger partial charge in [-0.15, -0.1) is 0 Å². The molecule has 6 aromatic rings. The third-order valence-corrected chi connectivity index (χ3v) is 8.91. The van der Waals surface area contributed by atoms with Crippen molar-refractivity contribution in [2.24, 2.45) is 0 Å². The van der Waals surface area contributed by atoms with E-state index in [0.29, 0.717) is 21.9 Å². The number of benzene rings is 5. The molecule has 0 aliphatic carbocycles. The molecule has 0 fully saturated rings. The van der Waals surface area contributed by atoms with Crippen LogP contribution in [-0.2, 0) is 21.0 Å². The molecule has 39 heavy (non-hydrogen) atoms. The average molecular weight is 557 g/mol. The molecule has 0 aliphatic heterocycles. The maximum absolute atomic E-state index is 13.1. The summed E-state index contributed by atoms with van der Waals surface area (Å²) in [5, 5.41) is 1.24. The van der Waals surface area contributed by atoms with Gasteiger partial charge in [0, 0.05) is 6.07 Å². The van der Waals surface area contributed by atoms with E-state index in [0.717, 1.165) is 29.2 Å². The van der Waals surface area contributed by atoms with Crippen molar-refractivity contribution in [3.8, 4) is 0 Å². The summed E-state index contributed by atoms with van der Waals surface area (Å²) in [6.07, 6.45) is 0. The molecule has 0 spiro atoms. The van der Waals surface area contributed by atoms with Crippen molar-refractivity contribution in [1.29, 1.82) is 0 Å². The zero-order valence-electron chi connectivity index (χ0n) is 20.4. The Morgan fingerprint density at radius 2 is 1.15 bits per heavy atom. The summed E-state index contributed by atoms with van der Waals surface area (Å²) in [5.41, 5.74) is 1.26. The van der Waals surface area contributed by atoms with Gasteiger partial charge >= 0.3 is 0 Å². The minimum absolute atomic E-state index is 0.0170. The molecular formula is C31H21FO5S2. The van der Waals surface area contributed by atoms with Crippen molar-refractivity contribution in [3.63, 3.8) is 0 Å². The van der Waals surface area contributed by atoms with E-state index < -0.39 is 20.8 Å². The van der Waals surface area contributed by atoms with Gasteiger partial charge in [0.1, 0.15) is 27.1 Å². The summed E-state index contributed by atoms with van der Waals surface area (Å²) >= 11 is 0. The molecule has 1 aromatic heterocycles. The van der Waals surface area contributed by atoms with Gasteiger partial charge in [-0.2, -0.15) is 0 Å². The first kappa shape index (κ1) is 26.4. The fraction of sp³-hybridized carbons (Fsp3) is 0. The number of hydrogen-bond acceptors (Lipinski definition) is 5. The lowest BCUT2D eigenvalue weighted by atomic mass is 10.1. The Morgan fingerprint density at radius 3 is 1.74 bits per heavy atom. The molecule has 5 aromatic carbocycles. The maximum Gasteiger partial charge on any atom is 0.200 e. The Kier molecular flexibility index (Phi) is 7.60. The van der Waals surface area contributed by atoms with E-state index in [1.165, 1.54) is 9.79 Å². The molecule has 0 aliphatic rings. The second-order valence-electron chi connectivity index (χ2n) is 8.43. The molecule has 1 heterocycles. The highest BCUT2D eigenvalue weighted by molar-refractivity contribution is 7.97. The standard InChI is InChI=1S/C25H17O2S.C6H5FO3S/c26-25-21-13-7-8-14-23(21)27-24-16-15-20(17-22(24)25)28(18-9-3-1-4-10-18)19-11-5-2-6-12-19;7-5-1-3-6(4-2-5)11(8,9)10/h1-17H;1-4H,(H,8,9,10)/q+1;/p-1. The van der Waals surface area contributed by atoms with Crippen LogP contribution in [0.5, 0.6) is 0 Å². The van der Waals surface area contributed by atoms with Crippen LogP contribution in [0, 0.1) is 5.82 Å². The first-order valence-electron chi connectivity index (χ1n) is 11.8. The Balaban J connectivity index is 0.000000237. The molecule has 0 radical (unpaired) electrons. The first-order valence-corrected chi connectivity index (χ1v) is 14.5. The van der Waals surface area contributed by atoms with E-state index in [1.54, 1.807) is 0 Å². The largest absolute Gasteiger partial charge is 0.744 e. The minimum Gasteiger partial charge on any atom is -0.744 e. The highest BCUT2D eigenvalue weighted by atomic mass is 32.2. The van der Waals surface area contributed by atoms with Gasteiger partial charge in [-0.3, -0.25) is 4.79 Å². The molecule has 0 bridgehead atoms. The fourth-order valence-electron chi connectivity index (χ4n) is 4.03. The molecular weight excluding hydrogens is 535 g/mol. The van der Waals surface area contributed by atoms with Crippen LogP contribution >= 0.6 is 0 Å². The summed E-state index contributed by atoms with van der Waals surface area (Å²) in [6, 6.07) is 37.9. The zero-order chi connectivity index (χ0) is 27.4. The van der Waals surface area contributed by atoms with Crippen LogP contribution in [0.3, 0.4) is 0 Å². The zero-order valence-corrected chi connectivity index (χ0v) is 22.0. The maximum atomic E-state index is 13.1. The highest BCUT2D eigenvalue weighted by Gasteiger charge is 2.29. The molecule has 0 unspecified atom stereocenters. The van der Waals surface area contributed by atoms with Gasteiger partial charge in [0.05, 0.1) is 26.6 Å². The summed E-state index contributed by atoms with van der Waals surface area (Å²) in [5.74, 6) is -0.572. The van der Waals surface area contributed by atoms with E-state index >= 15 is 0 Å². The normalized spacial score (nSPS) is 11.4. The molecule has 5 nitrogen and oxygen atoms in total. The molecule has 194 valence electrons. The van der Waals surface area contributed by atoms with E-state index in [1.807, 2.05) is 48.5 Å². The van der Waals surface area contributed by atoms with Crippen molar-refractivity contribution in [3.05, 3.63) is 143 Å². The molecule has 0 amide bonds. The molecule has 0 saturated heterocycles. The van der Waals surface area contributed by atoms with Crippen molar-refractivity contribution in [2.45, 2.75) is 19.6 Å². The topological polar surface area (TPSA) is 87.4 Å². The van der Waals surface area contributed by atoms with Crippen LogP contribution in [-0.4, -0.2) is 13.0 Å². The van der Waals surface area contributed by atoms with Crippen LogP contribution < -0.4 is 5.43 Å². The Morgan fingerprint density at radius 1 is 0.615 bits per heavy atom.